The molecule has 4 heterocycles. The molecule has 0 bridgehead atoms. The van der Waals surface area contributed by atoms with Crippen LogP contribution >= 0.6 is 0 Å². The third-order valence-corrected chi connectivity index (χ3v) is 5.12. The van der Waals surface area contributed by atoms with E-state index >= 15 is 0 Å². The summed E-state index contributed by atoms with van der Waals surface area (Å²) in [4.78, 5) is 13.9. The summed E-state index contributed by atoms with van der Waals surface area (Å²) >= 11 is 0. The quantitative estimate of drug-likeness (QED) is 0.689. The van der Waals surface area contributed by atoms with Gasteiger partial charge in [-0.15, -0.1) is 0 Å². The van der Waals surface area contributed by atoms with E-state index in [0.29, 0.717) is 11.8 Å². The van der Waals surface area contributed by atoms with Crippen LogP contribution in [-0.4, -0.2) is 63.9 Å². The minimum Gasteiger partial charge on any atom is -0.475 e. The van der Waals surface area contributed by atoms with Crippen molar-refractivity contribution in [3.05, 3.63) is 30.6 Å². The van der Waals surface area contributed by atoms with Gasteiger partial charge in [0.1, 0.15) is 11.5 Å². The van der Waals surface area contributed by atoms with Gasteiger partial charge in [0.25, 0.3) is 0 Å². The molecule has 3 aromatic rings. The van der Waals surface area contributed by atoms with Crippen molar-refractivity contribution in [2.75, 3.05) is 37.6 Å². The first-order valence-electron chi connectivity index (χ1n) is 10.4. The van der Waals surface area contributed by atoms with Gasteiger partial charge in [0, 0.05) is 55.9 Å². The molecule has 1 saturated heterocycles. The van der Waals surface area contributed by atoms with E-state index in [9.17, 15) is 0 Å². The Hall–Kier alpha value is -2.67. The number of pyridine rings is 2. The highest BCUT2D eigenvalue weighted by Gasteiger charge is 2.19. The SMILES string of the molecule is CC(C)CN1CCN(c2cc(-c3n[nH]c4cnc(OC(C)C)cc34)ccn2)CC1. The van der Waals surface area contributed by atoms with Crippen molar-refractivity contribution in [2.45, 2.75) is 33.8 Å². The van der Waals surface area contributed by atoms with Gasteiger partial charge in [-0.3, -0.25) is 10.00 Å². The van der Waals surface area contributed by atoms with Crippen LogP contribution in [0.2, 0.25) is 0 Å². The first kappa shape index (κ1) is 19.6. The molecule has 0 spiro atoms. The van der Waals surface area contributed by atoms with Crippen LogP contribution in [0.25, 0.3) is 22.2 Å². The molecule has 0 atom stereocenters. The Morgan fingerprint density at radius 3 is 2.59 bits per heavy atom. The Morgan fingerprint density at radius 1 is 1.07 bits per heavy atom. The number of hydrogen-bond donors (Lipinski definition) is 1. The summed E-state index contributed by atoms with van der Waals surface area (Å²) in [5.41, 5.74) is 2.85. The topological polar surface area (TPSA) is 70.2 Å². The summed E-state index contributed by atoms with van der Waals surface area (Å²) in [6.45, 7) is 13.9. The molecule has 1 fully saturated rings. The highest BCUT2D eigenvalue weighted by Crippen LogP contribution is 2.30. The number of piperazine rings is 1. The van der Waals surface area contributed by atoms with Crippen LogP contribution in [0.5, 0.6) is 5.88 Å². The molecule has 7 nitrogen and oxygen atoms in total. The summed E-state index contributed by atoms with van der Waals surface area (Å²) in [5, 5.41) is 8.63. The Kier molecular flexibility index (Phi) is 5.67. The summed E-state index contributed by atoms with van der Waals surface area (Å²) in [6.07, 6.45) is 3.73. The number of ether oxygens (including phenoxy) is 1. The molecule has 0 radical (unpaired) electrons. The Balaban J connectivity index is 1.56. The van der Waals surface area contributed by atoms with E-state index in [-0.39, 0.29) is 6.10 Å². The molecule has 4 rings (SSSR count). The lowest BCUT2D eigenvalue weighted by atomic mass is 10.1. The second-order valence-corrected chi connectivity index (χ2v) is 8.39. The normalized spacial score (nSPS) is 15.6. The Bertz CT molecular complexity index is 959. The van der Waals surface area contributed by atoms with Crippen molar-refractivity contribution in [1.82, 2.24) is 25.1 Å². The first-order valence-corrected chi connectivity index (χ1v) is 10.4. The van der Waals surface area contributed by atoms with Gasteiger partial charge in [-0.2, -0.15) is 5.10 Å². The lowest BCUT2D eigenvalue weighted by Crippen LogP contribution is -2.47. The van der Waals surface area contributed by atoms with Gasteiger partial charge in [-0.1, -0.05) is 13.8 Å². The van der Waals surface area contributed by atoms with Crippen LogP contribution in [0.15, 0.2) is 30.6 Å². The first-order chi connectivity index (χ1) is 14.0. The number of nitrogens with one attached hydrogen (secondary N) is 1. The molecule has 0 amide bonds. The summed E-state index contributed by atoms with van der Waals surface area (Å²) in [5.74, 6) is 2.33. The Labute approximate surface area is 172 Å². The van der Waals surface area contributed by atoms with Crippen molar-refractivity contribution in [3.8, 4) is 17.1 Å². The van der Waals surface area contributed by atoms with Crippen LogP contribution in [0.4, 0.5) is 5.82 Å². The van der Waals surface area contributed by atoms with Crippen molar-refractivity contribution in [3.63, 3.8) is 0 Å². The van der Waals surface area contributed by atoms with E-state index in [2.05, 4.69) is 49.9 Å². The second kappa shape index (κ2) is 8.37. The fourth-order valence-corrected chi connectivity index (χ4v) is 3.84. The average molecular weight is 395 g/mol. The molecular weight excluding hydrogens is 364 g/mol. The van der Waals surface area contributed by atoms with E-state index in [1.807, 2.05) is 32.2 Å². The monoisotopic (exact) mass is 394 g/mol. The number of hydrogen-bond acceptors (Lipinski definition) is 6. The van der Waals surface area contributed by atoms with Gasteiger partial charge >= 0.3 is 0 Å². The van der Waals surface area contributed by atoms with E-state index in [1.165, 1.54) is 0 Å². The van der Waals surface area contributed by atoms with Gasteiger partial charge in [0.05, 0.1) is 17.8 Å². The maximum absolute atomic E-state index is 5.76. The fourth-order valence-electron chi connectivity index (χ4n) is 3.84. The maximum Gasteiger partial charge on any atom is 0.214 e. The minimum atomic E-state index is 0.0807. The van der Waals surface area contributed by atoms with Crippen molar-refractivity contribution >= 4 is 16.7 Å². The van der Waals surface area contributed by atoms with Crippen molar-refractivity contribution < 1.29 is 4.74 Å². The number of rotatable bonds is 6. The lowest BCUT2D eigenvalue weighted by molar-refractivity contribution is 0.231. The number of nitrogens with zero attached hydrogens (tertiary/aromatic N) is 5. The number of aromatic nitrogens is 4. The molecule has 29 heavy (non-hydrogen) atoms. The Morgan fingerprint density at radius 2 is 1.86 bits per heavy atom. The molecule has 154 valence electrons. The molecule has 1 aliphatic rings. The van der Waals surface area contributed by atoms with Gasteiger partial charge in [-0.05, 0) is 31.9 Å². The van der Waals surface area contributed by atoms with Gasteiger partial charge in [-0.25, -0.2) is 9.97 Å². The molecule has 3 aromatic heterocycles. The van der Waals surface area contributed by atoms with Crippen molar-refractivity contribution in [2.24, 2.45) is 5.92 Å². The predicted octanol–water partition coefficient (Wildman–Crippen LogP) is 3.59. The summed E-state index contributed by atoms with van der Waals surface area (Å²) < 4.78 is 5.76. The molecule has 7 heteroatoms. The molecule has 0 aromatic carbocycles. The molecular formula is C22H30N6O. The van der Waals surface area contributed by atoms with Crippen molar-refractivity contribution in [1.29, 1.82) is 0 Å². The van der Waals surface area contributed by atoms with Crippen LogP contribution in [0.1, 0.15) is 27.7 Å². The maximum atomic E-state index is 5.76. The average Bonchev–Trinajstić information content (AvgIpc) is 3.11. The number of anilines is 1. The van der Waals surface area contributed by atoms with Gasteiger partial charge < -0.3 is 9.64 Å². The van der Waals surface area contributed by atoms with Crippen LogP contribution in [0, 0.1) is 5.92 Å². The third-order valence-electron chi connectivity index (χ3n) is 5.12. The zero-order chi connectivity index (χ0) is 20.4. The molecule has 1 aliphatic heterocycles. The highest BCUT2D eigenvalue weighted by atomic mass is 16.5. The van der Waals surface area contributed by atoms with Crippen LogP contribution < -0.4 is 9.64 Å². The zero-order valence-electron chi connectivity index (χ0n) is 17.7. The minimum absolute atomic E-state index is 0.0807. The molecule has 0 unspecified atom stereocenters. The van der Waals surface area contributed by atoms with Gasteiger partial charge in [0.15, 0.2) is 0 Å². The van der Waals surface area contributed by atoms with E-state index < -0.39 is 0 Å². The molecule has 0 aliphatic carbocycles. The van der Waals surface area contributed by atoms with Crippen LogP contribution in [0.3, 0.4) is 0 Å². The molecule has 1 N–H and O–H groups in total. The largest absolute Gasteiger partial charge is 0.475 e. The van der Waals surface area contributed by atoms with Gasteiger partial charge in [0.2, 0.25) is 5.88 Å². The number of H-pyrrole nitrogens is 1. The number of fused-ring (bicyclic) bond motifs is 1. The smallest absolute Gasteiger partial charge is 0.214 e. The molecule has 0 saturated carbocycles. The van der Waals surface area contributed by atoms with E-state index in [1.54, 1.807) is 6.20 Å². The zero-order valence-corrected chi connectivity index (χ0v) is 17.7. The second-order valence-electron chi connectivity index (χ2n) is 8.39. The fraction of sp³-hybridized carbons (Fsp3) is 0.500. The van der Waals surface area contributed by atoms with Crippen LogP contribution in [-0.2, 0) is 0 Å². The highest BCUT2D eigenvalue weighted by molar-refractivity contribution is 5.93. The van der Waals surface area contributed by atoms with E-state index in [4.69, 9.17) is 4.74 Å². The summed E-state index contributed by atoms with van der Waals surface area (Å²) in [7, 11) is 0. The standard InChI is InChI=1S/C22H30N6O/c1-15(2)14-27-7-9-28(10-8-27)20-11-17(5-6-23-20)22-18-12-21(29-16(3)4)24-13-19(18)25-26-22/h5-6,11-13,15-16H,7-10,14H2,1-4H3,(H,25,26). The lowest BCUT2D eigenvalue weighted by Gasteiger charge is -2.36. The summed E-state index contributed by atoms with van der Waals surface area (Å²) in [6, 6.07) is 6.10. The number of aromatic amines is 1. The van der Waals surface area contributed by atoms with E-state index in [0.717, 1.165) is 60.7 Å². The predicted molar refractivity (Wildman–Crippen MR) is 116 cm³/mol. The third kappa shape index (κ3) is 4.50.